The Balaban J connectivity index is 1.68. The number of nitrogens with zero attached hydrogens (tertiary/aromatic N) is 2. The molecule has 1 aromatic carbocycles. The van der Waals surface area contributed by atoms with Gasteiger partial charge in [0.15, 0.2) is 0 Å². The van der Waals surface area contributed by atoms with E-state index in [-0.39, 0.29) is 0 Å². The van der Waals surface area contributed by atoms with Gasteiger partial charge < -0.3 is 9.30 Å². The van der Waals surface area contributed by atoms with Crippen LogP contribution >= 0.6 is 23.2 Å². The first-order valence-corrected chi connectivity index (χ1v) is 9.31. The Morgan fingerprint density at radius 2 is 1.96 bits per heavy atom. The van der Waals surface area contributed by atoms with Crippen molar-refractivity contribution in [2.24, 2.45) is 5.92 Å². The molecular formula is C20H20Cl2N2O. The predicted molar refractivity (Wildman–Crippen MR) is 103 cm³/mol. The SMILES string of the molecule is Cc1c(C)n(CC2CC2)c2c(COc3ccc(Cl)c(Cl)c3)nccc12. The maximum Gasteiger partial charge on any atom is 0.132 e. The minimum absolute atomic E-state index is 0.406. The van der Waals surface area contributed by atoms with Crippen LogP contribution in [0.1, 0.15) is 29.8 Å². The van der Waals surface area contributed by atoms with Crippen molar-refractivity contribution in [3.63, 3.8) is 0 Å². The van der Waals surface area contributed by atoms with Gasteiger partial charge >= 0.3 is 0 Å². The Labute approximate surface area is 157 Å². The zero-order valence-corrected chi connectivity index (χ0v) is 15.9. The zero-order valence-electron chi connectivity index (χ0n) is 14.4. The van der Waals surface area contributed by atoms with Crippen LogP contribution in [0.2, 0.25) is 10.0 Å². The lowest BCUT2D eigenvalue weighted by molar-refractivity contribution is 0.302. The molecule has 1 aliphatic carbocycles. The standard InChI is InChI=1S/C20H20Cl2N2O/c1-12-13(2)24(10-14-3-4-14)20-16(12)7-8-23-19(20)11-25-15-5-6-17(21)18(22)9-15/h5-9,14H,3-4,10-11H2,1-2H3. The van der Waals surface area contributed by atoms with E-state index in [0.29, 0.717) is 22.4 Å². The largest absolute Gasteiger partial charge is 0.487 e. The first-order chi connectivity index (χ1) is 12.0. The summed E-state index contributed by atoms with van der Waals surface area (Å²) in [4.78, 5) is 4.60. The Bertz CT molecular complexity index is 945. The maximum atomic E-state index is 6.07. The van der Waals surface area contributed by atoms with E-state index < -0.39 is 0 Å². The van der Waals surface area contributed by atoms with Crippen molar-refractivity contribution in [2.75, 3.05) is 0 Å². The van der Waals surface area contributed by atoms with E-state index in [0.717, 1.165) is 18.2 Å². The Kier molecular flexibility index (Phi) is 4.38. The van der Waals surface area contributed by atoms with Gasteiger partial charge in [-0.2, -0.15) is 0 Å². The molecule has 2 heterocycles. The van der Waals surface area contributed by atoms with E-state index in [1.54, 1.807) is 12.1 Å². The fraction of sp³-hybridized carbons (Fsp3) is 0.350. The lowest BCUT2D eigenvalue weighted by Crippen LogP contribution is -2.06. The van der Waals surface area contributed by atoms with Crippen LogP contribution in [0.15, 0.2) is 30.5 Å². The number of hydrogen-bond donors (Lipinski definition) is 0. The number of aryl methyl sites for hydroxylation is 1. The molecule has 0 N–H and O–H groups in total. The molecular weight excluding hydrogens is 355 g/mol. The summed E-state index contributed by atoms with van der Waals surface area (Å²) in [6, 6.07) is 7.42. The van der Waals surface area contributed by atoms with Crippen LogP contribution in [0, 0.1) is 19.8 Å². The van der Waals surface area contributed by atoms with E-state index in [1.165, 1.54) is 35.0 Å². The summed E-state index contributed by atoms with van der Waals surface area (Å²) < 4.78 is 8.36. The molecule has 25 heavy (non-hydrogen) atoms. The second-order valence-electron chi connectivity index (χ2n) is 6.78. The maximum absolute atomic E-state index is 6.07. The van der Waals surface area contributed by atoms with Crippen LogP contribution in [0.5, 0.6) is 5.75 Å². The first kappa shape index (κ1) is 16.7. The first-order valence-electron chi connectivity index (χ1n) is 8.55. The molecule has 2 aromatic heterocycles. The van der Waals surface area contributed by atoms with Crippen LogP contribution in [0.4, 0.5) is 0 Å². The summed E-state index contributed by atoms with van der Waals surface area (Å²) in [6.07, 6.45) is 4.52. The number of ether oxygens (including phenoxy) is 1. The lowest BCUT2D eigenvalue weighted by Gasteiger charge is -2.12. The third-order valence-electron chi connectivity index (χ3n) is 5.03. The number of halogens is 2. The predicted octanol–water partition coefficient (Wildman–Crippen LogP) is 5.95. The summed E-state index contributed by atoms with van der Waals surface area (Å²) >= 11 is 12.0. The summed E-state index contributed by atoms with van der Waals surface area (Å²) in [7, 11) is 0. The van der Waals surface area contributed by atoms with Crippen molar-refractivity contribution in [1.29, 1.82) is 0 Å². The van der Waals surface area contributed by atoms with Gasteiger partial charge in [-0.15, -0.1) is 0 Å². The Hall–Kier alpha value is -1.71. The summed E-state index contributed by atoms with van der Waals surface area (Å²) in [6.45, 7) is 5.86. The van der Waals surface area contributed by atoms with Crippen LogP contribution < -0.4 is 4.74 Å². The topological polar surface area (TPSA) is 27.1 Å². The molecule has 0 amide bonds. The van der Waals surface area contributed by atoms with Gasteiger partial charge in [-0.3, -0.25) is 4.98 Å². The molecule has 3 aromatic rings. The summed E-state index contributed by atoms with van der Waals surface area (Å²) in [5.74, 6) is 1.50. The van der Waals surface area contributed by atoms with Gasteiger partial charge in [-0.25, -0.2) is 0 Å². The lowest BCUT2D eigenvalue weighted by atomic mass is 10.2. The molecule has 3 nitrogen and oxygen atoms in total. The van der Waals surface area contributed by atoms with Gasteiger partial charge in [0.2, 0.25) is 0 Å². The average molecular weight is 375 g/mol. The van der Waals surface area contributed by atoms with Crippen molar-refractivity contribution in [3.05, 3.63) is 57.5 Å². The van der Waals surface area contributed by atoms with Crippen LogP contribution in [-0.4, -0.2) is 9.55 Å². The number of benzene rings is 1. The van der Waals surface area contributed by atoms with E-state index in [2.05, 4.69) is 29.5 Å². The van der Waals surface area contributed by atoms with Gasteiger partial charge in [0.05, 0.1) is 15.6 Å². The molecule has 0 saturated heterocycles. The fourth-order valence-corrected chi connectivity index (χ4v) is 3.57. The average Bonchev–Trinajstić information content (AvgIpc) is 3.39. The summed E-state index contributed by atoms with van der Waals surface area (Å²) in [5.41, 5.74) is 4.81. The molecule has 0 atom stereocenters. The second-order valence-corrected chi connectivity index (χ2v) is 7.60. The molecule has 1 saturated carbocycles. The smallest absolute Gasteiger partial charge is 0.132 e. The Morgan fingerprint density at radius 1 is 1.16 bits per heavy atom. The van der Waals surface area contributed by atoms with E-state index >= 15 is 0 Å². The Morgan fingerprint density at radius 3 is 2.68 bits per heavy atom. The molecule has 0 aliphatic heterocycles. The van der Waals surface area contributed by atoms with Crippen molar-refractivity contribution in [2.45, 2.75) is 39.8 Å². The molecule has 0 bridgehead atoms. The zero-order chi connectivity index (χ0) is 17.6. The highest BCUT2D eigenvalue weighted by atomic mass is 35.5. The molecule has 0 radical (unpaired) electrons. The second kappa shape index (κ2) is 6.54. The van der Waals surface area contributed by atoms with Crippen molar-refractivity contribution < 1.29 is 4.74 Å². The monoisotopic (exact) mass is 374 g/mol. The molecule has 1 aliphatic rings. The third kappa shape index (κ3) is 3.23. The fourth-order valence-electron chi connectivity index (χ4n) is 3.28. The normalized spacial score (nSPS) is 14.2. The highest BCUT2D eigenvalue weighted by molar-refractivity contribution is 6.42. The summed E-state index contributed by atoms with van der Waals surface area (Å²) in [5, 5.41) is 2.29. The number of fused-ring (bicyclic) bond motifs is 1. The van der Waals surface area contributed by atoms with Gasteiger partial charge in [-0.1, -0.05) is 23.2 Å². The van der Waals surface area contributed by atoms with Crippen LogP contribution in [0.3, 0.4) is 0 Å². The van der Waals surface area contributed by atoms with Crippen LogP contribution in [-0.2, 0) is 13.2 Å². The third-order valence-corrected chi connectivity index (χ3v) is 5.76. The van der Waals surface area contributed by atoms with E-state index in [1.807, 2.05) is 12.3 Å². The molecule has 1 fully saturated rings. The quantitative estimate of drug-likeness (QED) is 0.551. The minimum Gasteiger partial charge on any atom is -0.487 e. The molecule has 4 rings (SSSR count). The van der Waals surface area contributed by atoms with E-state index in [9.17, 15) is 0 Å². The van der Waals surface area contributed by atoms with Crippen LogP contribution in [0.25, 0.3) is 10.9 Å². The van der Waals surface area contributed by atoms with Gasteiger partial charge in [0.1, 0.15) is 18.1 Å². The highest BCUT2D eigenvalue weighted by Gasteiger charge is 2.25. The van der Waals surface area contributed by atoms with Crippen molar-refractivity contribution in [1.82, 2.24) is 9.55 Å². The van der Waals surface area contributed by atoms with Gasteiger partial charge in [0.25, 0.3) is 0 Å². The van der Waals surface area contributed by atoms with Crippen molar-refractivity contribution >= 4 is 34.1 Å². The van der Waals surface area contributed by atoms with Gasteiger partial charge in [-0.05, 0) is 56.4 Å². The number of hydrogen-bond acceptors (Lipinski definition) is 2. The molecule has 130 valence electrons. The molecule has 5 heteroatoms. The minimum atomic E-state index is 0.406. The number of rotatable bonds is 5. The highest BCUT2D eigenvalue weighted by Crippen LogP contribution is 2.35. The van der Waals surface area contributed by atoms with Gasteiger partial charge in [0, 0.05) is 29.9 Å². The molecule has 0 unspecified atom stereocenters. The number of pyridine rings is 1. The van der Waals surface area contributed by atoms with E-state index in [4.69, 9.17) is 27.9 Å². The molecule has 0 spiro atoms. The number of aromatic nitrogens is 2. The van der Waals surface area contributed by atoms with Crippen molar-refractivity contribution in [3.8, 4) is 5.75 Å².